The largest absolute Gasteiger partial charge is 0.508 e. The van der Waals surface area contributed by atoms with Gasteiger partial charge in [0.15, 0.2) is 0 Å². The number of nitrogens with zero attached hydrogens (tertiary/aromatic N) is 2. The number of hydrogen-bond donors (Lipinski definition) is 2. The number of carbonyl (C=O) groups is 4. The number of allylic oxidation sites excluding steroid dienone is 2. The van der Waals surface area contributed by atoms with E-state index in [-0.39, 0.29) is 48.1 Å². The molecule has 9 heteroatoms. The predicted octanol–water partition coefficient (Wildman–Crippen LogP) is 4.58. The lowest BCUT2D eigenvalue weighted by atomic mass is 9.51. The molecule has 3 fully saturated rings. The van der Waals surface area contributed by atoms with E-state index in [1.807, 2.05) is 12.1 Å². The second-order valence-electron chi connectivity index (χ2n) is 12.7. The number of carbonyl (C=O) groups excluding carboxylic acids is 4. The van der Waals surface area contributed by atoms with Crippen LogP contribution in [0.15, 0.2) is 84.4 Å². The van der Waals surface area contributed by atoms with E-state index in [0.717, 1.165) is 11.1 Å². The minimum atomic E-state index is -1.25. The van der Waals surface area contributed by atoms with Crippen molar-refractivity contribution >= 4 is 29.3 Å². The van der Waals surface area contributed by atoms with Crippen LogP contribution in [0.3, 0.4) is 0 Å². The molecule has 230 valence electrons. The zero-order valence-corrected chi connectivity index (χ0v) is 25.1. The van der Waals surface area contributed by atoms with Crippen LogP contribution in [0.25, 0.3) is 0 Å². The van der Waals surface area contributed by atoms with Crippen LogP contribution in [-0.2, 0) is 25.6 Å². The minimum Gasteiger partial charge on any atom is -0.508 e. The summed E-state index contributed by atoms with van der Waals surface area (Å²) in [6, 6.07) is 20.3. The summed E-state index contributed by atoms with van der Waals surface area (Å²) >= 11 is 0. The van der Waals surface area contributed by atoms with E-state index in [2.05, 4.69) is 0 Å². The van der Waals surface area contributed by atoms with Gasteiger partial charge >= 0.3 is 0 Å². The second kappa shape index (κ2) is 10.6. The number of anilines is 1. The van der Waals surface area contributed by atoms with Crippen LogP contribution in [0.4, 0.5) is 5.69 Å². The molecule has 2 aliphatic carbocycles. The number of likely N-dealkylation sites (tertiary alicyclic amines) is 1. The third-order valence-corrected chi connectivity index (χ3v) is 10.5. The van der Waals surface area contributed by atoms with Gasteiger partial charge in [0.25, 0.3) is 0 Å². The molecule has 0 spiro atoms. The van der Waals surface area contributed by atoms with Gasteiger partial charge in [0.2, 0.25) is 23.6 Å². The van der Waals surface area contributed by atoms with E-state index in [1.165, 1.54) is 23.0 Å². The molecule has 3 aromatic rings. The topological polar surface area (TPSA) is 124 Å². The summed E-state index contributed by atoms with van der Waals surface area (Å²) in [4.78, 5) is 59.0. The Bertz CT molecular complexity index is 1750. The van der Waals surface area contributed by atoms with Gasteiger partial charge in [0.1, 0.15) is 17.2 Å². The van der Waals surface area contributed by atoms with Gasteiger partial charge < -0.3 is 14.9 Å². The van der Waals surface area contributed by atoms with Crippen molar-refractivity contribution in [2.75, 3.05) is 18.6 Å². The molecule has 9 nitrogen and oxygen atoms in total. The van der Waals surface area contributed by atoms with Crippen molar-refractivity contribution < 1.29 is 34.1 Å². The first-order chi connectivity index (χ1) is 21.6. The Kier molecular flexibility index (Phi) is 6.80. The van der Waals surface area contributed by atoms with Crippen molar-refractivity contribution in [3.63, 3.8) is 0 Å². The van der Waals surface area contributed by atoms with Gasteiger partial charge in [-0.15, -0.1) is 0 Å². The molecular weight excluding hydrogens is 572 g/mol. The highest BCUT2D eigenvalue weighted by Gasteiger charge is 2.67. The Morgan fingerprint density at radius 1 is 0.889 bits per heavy atom. The van der Waals surface area contributed by atoms with Crippen molar-refractivity contribution in [2.45, 2.75) is 32.1 Å². The number of aromatic hydroxyl groups is 2. The number of fused-ring (bicyclic) bond motifs is 4. The highest BCUT2D eigenvalue weighted by molar-refractivity contribution is 6.24. The molecule has 7 rings (SSSR count). The first kappa shape index (κ1) is 28.8. The number of ether oxygens (including phenoxy) is 1. The average molecular weight is 607 g/mol. The number of phenols is 2. The predicted molar refractivity (Wildman–Crippen MR) is 164 cm³/mol. The Morgan fingerprint density at radius 2 is 1.62 bits per heavy atom. The summed E-state index contributed by atoms with van der Waals surface area (Å²) in [6.07, 6.45) is 2.98. The molecule has 4 aliphatic rings. The molecule has 0 aromatic heterocycles. The number of hydrogen-bond acceptors (Lipinski definition) is 7. The Balaban J connectivity index is 1.30. The maximum Gasteiger partial charge on any atom is 0.241 e. The smallest absolute Gasteiger partial charge is 0.241 e. The van der Waals surface area contributed by atoms with Gasteiger partial charge in [0.05, 0.1) is 36.0 Å². The van der Waals surface area contributed by atoms with Gasteiger partial charge in [0, 0.05) is 18.0 Å². The maximum absolute atomic E-state index is 14.5. The quantitative estimate of drug-likeness (QED) is 0.311. The van der Waals surface area contributed by atoms with E-state index in [0.29, 0.717) is 29.8 Å². The molecule has 1 saturated carbocycles. The highest BCUT2D eigenvalue weighted by Crippen LogP contribution is 2.64. The summed E-state index contributed by atoms with van der Waals surface area (Å²) in [6.45, 7) is 2.00. The van der Waals surface area contributed by atoms with Crippen LogP contribution in [-0.4, -0.2) is 52.4 Å². The van der Waals surface area contributed by atoms with Crippen molar-refractivity contribution in [1.82, 2.24) is 4.90 Å². The van der Waals surface area contributed by atoms with Gasteiger partial charge in [-0.2, -0.15) is 0 Å². The summed E-state index contributed by atoms with van der Waals surface area (Å²) in [5.41, 5.74) is 1.36. The summed E-state index contributed by atoms with van der Waals surface area (Å²) in [5.74, 6) is -3.82. The van der Waals surface area contributed by atoms with E-state index in [4.69, 9.17) is 4.74 Å². The van der Waals surface area contributed by atoms with Gasteiger partial charge in [-0.05, 0) is 80.1 Å². The van der Waals surface area contributed by atoms with Gasteiger partial charge in [-0.3, -0.25) is 24.1 Å². The number of amides is 4. The number of rotatable bonds is 6. The molecule has 3 aromatic carbocycles. The number of imide groups is 2. The van der Waals surface area contributed by atoms with Crippen LogP contribution in [0.1, 0.15) is 36.8 Å². The molecule has 6 atom stereocenters. The molecule has 2 N–H and O–H groups in total. The maximum atomic E-state index is 14.5. The second-order valence-corrected chi connectivity index (χ2v) is 12.7. The van der Waals surface area contributed by atoms with Crippen LogP contribution in [0.2, 0.25) is 0 Å². The average Bonchev–Trinajstić information content (AvgIpc) is 3.40. The first-order valence-corrected chi connectivity index (χ1v) is 15.3. The molecule has 2 heterocycles. The van der Waals surface area contributed by atoms with E-state index in [1.54, 1.807) is 67.6 Å². The van der Waals surface area contributed by atoms with Crippen LogP contribution < -0.4 is 9.64 Å². The molecule has 0 bridgehead atoms. The molecule has 0 unspecified atom stereocenters. The third kappa shape index (κ3) is 4.28. The SMILES string of the molecule is COc1ccc(O)c([C@H]2C3=CC[C@@H]4C(=O)N(CCc5ccc(O)cc5)C(=O)[C@@H]4[C@@H]3C[C@H]3C(=O)N(c4ccccc4)C(=O)[C@@]23C)c1. The van der Waals surface area contributed by atoms with Crippen molar-refractivity contribution in [3.8, 4) is 17.2 Å². The summed E-state index contributed by atoms with van der Waals surface area (Å²) in [5, 5.41) is 20.8. The number of benzene rings is 3. The van der Waals surface area contributed by atoms with Gasteiger partial charge in [-0.1, -0.05) is 42.0 Å². The summed E-state index contributed by atoms with van der Waals surface area (Å²) < 4.78 is 5.49. The number of methoxy groups -OCH3 is 1. The number of phenolic OH excluding ortho intramolecular Hbond substituents is 2. The normalized spacial score (nSPS) is 28.9. The molecule has 45 heavy (non-hydrogen) atoms. The molecule has 2 saturated heterocycles. The van der Waals surface area contributed by atoms with Crippen LogP contribution >= 0.6 is 0 Å². The summed E-state index contributed by atoms with van der Waals surface area (Å²) in [7, 11) is 1.52. The van der Waals surface area contributed by atoms with E-state index >= 15 is 0 Å². The lowest BCUT2D eigenvalue weighted by Crippen LogP contribution is -2.49. The zero-order chi connectivity index (χ0) is 31.6. The van der Waals surface area contributed by atoms with Crippen molar-refractivity contribution in [3.05, 3.63) is 95.6 Å². The fourth-order valence-corrected chi connectivity index (χ4v) is 8.26. The molecular formula is C36H34N2O7. The molecule has 4 amide bonds. The minimum absolute atomic E-state index is 0.0350. The highest BCUT2D eigenvalue weighted by atomic mass is 16.5. The van der Waals surface area contributed by atoms with E-state index in [9.17, 15) is 29.4 Å². The van der Waals surface area contributed by atoms with Gasteiger partial charge in [-0.25, -0.2) is 4.90 Å². The lowest BCUT2D eigenvalue weighted by Gasteiger charge is -2.49. The Labute approximate surface area is 260 Å². The molecule has 2 aliphatic heterocycles. The monoisotopic (exact) mass is 606 g/mol. The van der Waals surface area contributed by atoms with Crippen LogP contribution in [0, 0.1) is 29.1 Å². The van der Waals surface area contributed by atoms with Crippen LogP contribution in [0.5, 0.6) is 17.2 Å². The Hall–Kier alpha value is -4.92. The van der Waals surface area contributed by atoms with E-state index < -0.39 is 35.0 Å². The lowest BCUT2D eigenvalue weighted by molar-refractivity contribution is -0.140. The fraction of sp³-hybridized carbons (Fsp3) is 0.333. The first-order valence-electron chi connectivity index (χ1n) is 15.3. The Morgan fingerprint density at radius 3 is 2.33 bits per heavy atom. The molecule has 0 radical (unpaired) electrons. The van der Waals surface area contributed by atoms with Crippen molar-refractivity contribution in [2.24, 2.45) is 29.1 Å². The number of para-hydroxylation sites is 1. The third-order valence-electron chi connectivity index (χ3n) is 10.5. The van der Waals surface area contributed by atoms with Crippen molar-refractivity contribution in [1.29, 1.82) is 0 Å². The fourth-order valence-electron chi connectivity index (χ4n) is 8.26. The zero-order valence-electron chi connectivity index (χ0n) is 25.1. The standard InChI is InChI=1S/C36H34N2O7/c1-36-28(33(42)38(35(36)44)21-6-4-3-5-7-21)19-26-24(31(36)27-18-23(45-2)12-15-29(27)40)13-14-25-30(26)34(43)37(32(25)41)17-16-20-8-10-22(39)11-9-20/h3-13,15,18,25-26,28,30-31,39-40H,14,16-17,19H2,1-2H3/t25-,26+,28-,30-,31+,36+/m0/s1.